The van der Waals surface area contributed by atoms with Crippen LogP contribution in [0.15, 0.2) is 18.2 Å². The highest BCUT2D eigenvalue weighted by Crippen LogP contribution is 2.32. The summed E-state index contributed by atoms with van der Waals surface area (Å²) < 4.78 is 13.8. The third-order valence-electron chi connectivity index (χ3n) is 3.91. The van der Waals surface area contributed by atoms with Gasteiger partial charge in [-0.2, -0.15) is 0 Å². The van der Waals surface area contributed by atoms with Gasteiger partial charge in [0.25, 0.3) is 0 Å². The Labute approximate surface area is 114 Å². The normalized spacial score (nSPS) is 18.7. The first-order valence-electron chi connectivity index (χ1n) is 6.70. The van der Waals surface area contributed by atoms with Gasteiger partial charge in [-0.25, -0.2) is 4.39 Å². The highest BCUT2D eigenvalue weighted by atomic mass is 35.5. The molecule has 1 aromatic carbocycles. The molecule has 1 aliphatic rings. The minimum Gasteiger partial charge on any atom is -0.313 e. The average Bonchev–Trinajstić information content (AvgIpc) is 3.16. The third-order valence-corrected chi connectivity index (χ3v) is 4.27. The van der Waals surface area contributed by atoms with Gasteiger partial charge in [-0.3, -0.25) is 0 Å². The molecule has 1 saturated carbocycles. The molecular formula is C15H21ClFN. The van der Waals surface area contributed by atoms with Crippen molar-refractivity contribution in [3.8, 4) is 0 Å². The van der Waals surface area contributed by atoms with E-state index in [1.807, 2.05) is 0 Å². The van der Waals surface area contributed by atoms with Crippen molar-refractivity contribution in [2.24, 2.45) is 5.41 Å². The molecule has 1 nitrogen and oxygen atoms in total. The standard InChI is InChI=1S/C15H21ClFN/c1-3-15(2,10-18-11-7-8-11)9-12-13(16)5-4-6-14(12)17/h4-6,11,18H,3,7-10H2,1-2H3. The maximum atomic E-state index is 13.8. The van der Waals surface area contributed by atoms with Crippen LogP contribution in [0.5, 0.6) is 0 Å². The summed E-state index contributed by atoms with van der Waals surface area (Å²) in [6.07, 6.45) is 4.26. The Balaban J connectivity index is 2.07. The maximum Gasteiger partial charge on any atom is 0.127 e. The van der Waals surface area contributed by atoms with Crippen LogP contribution in [0.3, 0.4) is 0 Å². The van der Waals surface area contributed by atoms with Crippen molar-refractivity contribution in [3.63, 3.8) is 0 Å². The van der Waals surface area contributed by atoms with Crippen molar-refractivity contribution in [1.82, 2.24) is 5.32 Å². The summed E-state index contributed by atoms with van der Waals surface area (Å²) >= 11 is 6.11. The first-order valence-corrected chi connectivity index (χ1v) is 7.08. The first kappa shape index (κ1) is 13.8. The lowest BCUT2D eigenvalue weighted by Crippen LogP contribution is -2.34. The third kappa shape index (κ3) is 3.46. The number of halogens is 2. The van der Waals surface area contributed by atoms with Gasteiger partial charge in [-0.15, -0.1) is 0 Å². The number of rotatable bonds is 6. The molecule has 0 radical (unpaired) electrons. The Hall–Kier alpha value is -0.600. The van der Waals surface area contributed by atoms with Crippen LogP contribution >= 0.6 is 11.6 Å². The molecule has 0 aliphatic heterocycles. The van der Waals surface area contributed by atoms with Gasteiger partial charge in [0.1, 0.15) is 5.82 Å². The molecule has 1 N–H and O–H groups in total. The topological polar surface area (TPSA) is 12.0 Å². The molecule has 0 aromatic heterocycles. The summed E-state index contributed by atoms with van der Waals surface area (Å²) in [6.45, 7) is 5.29. The first-order chi connectivity index (χ1) is 8.54. The molecule has 100 valence electrons. The molecule has 1 aromatic rings. The molecule has 18 heavy (non-hydrogen) atoms. The van der Waals surface area contributed by atoms with E-state index in [1.165, 1.54) is 18.9 Å². The second-order valence-electron chi connectivity index (χ2n) is 5.70. The molecule has 0 spiro atoms. The Morgan fingerprint density at radius 1 is 1.44 bits per heavy atom. The van der Waals surface area contributed by atoms with Gasteiger partial charge >= 0.3 is 0 Å². The van der Waals surface area contributed by atoms with E-state index in [0.717, 1.165) is 13.0 Å². The fourth-order valence-corrected chi connectivity index (χ4v) is 2.35. The SMILES string of the molecule is CCC(C)(CNC1CC1)Cc1c(F)cccc1Cl. The van der Waals surface area contributed by atoms with Crippen molar-refractivity contribution in [3.05, 3.63) is 34.6 Å². The predicted octanol–water partition coefficient (Wildman–Crippen LogP) is 4.19. The zero-order valence-electron chi connectivity index (χ0n) is 11.1. The Morgan fingerprint density at radius 3 is 2.72 bits per heavy atom. The largest absolute Gasteiger partial charge is 0.313 e. The van der Waals surface area contributed by atoms with E-state index >= 15 is 0 Å². The van der Waals surface area contributed by atoms with Crippen LogP contribution in [-0.2, 0) is 6.42 Å². The molecule has 0 heterocycles. The Morgan fingerprint density at radius 2 is 2.17 bits per heavy atom. The van der Waals surface area contributed by atoms with Crippen molar-refractivity contribution < 1.29 is 4.39 Å². The summed E-state index contributed by atoms with van der Waals surface area (Å²) in [4.78, 5) is 0. The van der Waals surface area contributed by atoms with Crippen molar-refractivity contribution >= 4 is 11.6 Å². The lowest BCUT2D eigenvalue weighted by Gasteiger charge is -2.29. The molecule has 3 heteroatoms. The monoisotopic (exact) mass is 269 g/mol. The molecule has 0 saturated heterocycles. The minimum atomic E-state index is -0.186. The van der Waals surface area contributed by atoms with Crippen LogP contribution in [0, 0.1) is 11.2 Å². The average molecular weight is 270 g/mol. The van der Waals surface area contributed by atoms with E-state index in [-0.39, 0.29) is 11.2 Å². The molecule has 1 fully saturated rings. The number of benzene rings is 1. The van der Waals surface area contributed by atoms with Gasteiger partial charge in [-0.05, 0) is 43.2 Å². The smallest absolute Gasteiger partial charge is 0.127 e. The van der Waals surface area contributed by atoms with Gasteiger partial charge in [0.05, 0.1) is 0 Å². The number of hydrogen-bond acceptors (Lipinski definition) is 1. The second kappa shape index (κ2) is 5.58. The molecule has 0 bridgehead atoms. The summed E-state index contributed by atoms with van der Waals surface area (Å²) in [7, 11) is 0. The van der Waals surface area contributed by atoms with E-state index in [0.29, 0.717) is 23.0 Å². The summed E-state index contributed by atoms with van der Waals surface area (Å²) in [5.74, 6) is -0.186. The maximum absolute atomic E-state index is 13.8. The van der Waals surface area contributed by atoms with Crippen molar-refractivity contribution in [1.29, 1.82) is 0 Å². The van der Waals surface area contributed by atoms with Crippen molar-refractivity contribution in [2.75, 3.05) is 6.54 Å². The molecule has 1 unspecified atom stereocenters. The minimum absolute atomic E-state index is 0.0639. The van der Waals surface area contributed by atoms with Crippen LogP contribution in [-0.4, -0.2) is 12.6 Å². The highest BCUT2D eigenvalue weighted by molar-refractivity contribution is 6.31. The van der Waals surface area contributed by atoms with E-state index in [2.05, 4.69) is 19.2 Å². The Kier molecular flexibility index (Phi) is 4.29. The lowest BCUT2D eigenvalue weighted by molar-refractivity contribution is 0.286. The fraction of sp³-hybridized carbons (Fsp3) is 0.600. The van der Waals surface area contributed by atoms with Crippen LogP contribution in [0.4, 0.5) is 4.39 Å². The zero-order valence-corrected chi connectivity index (χ0v) is 11.9. The van der Waals surface area contributed by atoms with E-state index < -0.39 is 0 Å². The van der Waals surface area contributed by atoms with E-state index in [1.54, 1.807) is 12.1 Å². The van der Waals surface area contributed by atoms with Crippen LogP contribution in [0.1, 0.15) is 38.7 Å². The van der Waals surface area contributed by atoms with Gasteiger partial charge < -0.3 is 5.32 Å². The predicted molar refractivity (Wildman–Crippen MR) is 74.5 cm³/mol. The second-order valence-corrected chi connectivity index (χ2v) is 6.10. The van der Waals surface area contributed by atoms with E-state index in [4.69, 9.17) is 11.6 Å². The van der Waals surface area contributed by atoms with Crippen LogP contribution in [0.2, 0.25) is 5.02 Å². The van der Waals surface area contributed by atoms with Gasteiger partial charge in [0, 0.05) is 23.2 Å². The molecule has 0 amide bonds. The van der Waals surface area contributed by atoms with Crippen LogP contribution in [0.25, 0.3) is 0 Å². The number of nitrogens with one attached hydrogen (secondary N) is 1. The molecule has 1 atom stereocenters. The summed E-state index contributed by atoms with van der Waals surface area (Å²) in [5, 5.41) is 4.08. The summed E-state index contributed by atoms with van der Waals surface area (Å²) in [6, 6.07) is 5.61. The van der Waals surface area contributed by atoms with E-state index in [9.17, 15) is 4.39 Å². The Bertz CT molecular complexity index is 397. The zero-order chi connectivity index (χ0) is 13.2. The van der Waals surface area contributed by atoms with Crippen molar-refractivity contribution in [2.45, 2.75) is 45.6 Å². The molecular weight excluding hydrogens is 249 g/mol. The fourth-order valence-electron chi connectivity index (χ4n) is 2.12. The lowest BCUT2D eigenvalue weighted by atomic mass is 9.81. The van der Waals surface area contributed by atoms with Gasteiger partial charge in [-0.1, -0.05) is 31.5 Å². The number of hydrogen-bond donors (Lipinski definition) is 1. The molecule has 1 aliphatic carbocycles. The van der Waals surface area contributed by atoms with Crippen LogP contribution < -0.4 is 5.32 Å². The van der Waals surface area contributed by atoms with Gasteiger partial charge in [0.15, 0.2) is 0 Å². The highest BCUT2D eigenvalue weighted by Gasteiger charge is 2.29. The summed E-state index contributed by atoms with van der Waals surface area (Å²) in [5.41, 5.74) is 0.718. The van der Waals surface area contributed by atoms with Gasteiger partial charge in [0.2, 0.25) is 0 Å². The quantitative estimate of drug-likeness (QED) is 0.817. The molecule has 2 rings (SSSR count).